The van der Waals surface area contributed by atoms with Crippen molar-refractivity contribution in [2.24, 2.45) is 0 Å². The fraction of sp³-hybridized carbons (Fsp3) is 0.375. The van der Waals surface area contributed by atoms with Gasteiger partial charge in [-0.05, 0) is 0 Å². The first kappa shape index (κ1) is 11.2. The molecule has 0 N–H and O–H groups in total. The van der Waals surface area contributed by atoms with Crippen LogP contribution < -0.4 is 0 Å². The fourth-order valence-electron chi connectivity index (χ4n) is 0.982. The minimum Gasteiger partial charge on any atom is -0.466 e. The highest BCUT2D eigenvalue weighted by Crippen LogP contribution is 2.35. The highest BCUT2D eigenvalue weighted by atomic mass is 32.2. The maximum absolute atomic E-state index is 11.2. The molecule has 1 aliphatic rings. The molecular formula is C8H8O4S2. The molecule has 1 rings (SSSR count). The number of hydrogen-bond acceptors (Lipinski definition) is 6. The van der Waals surface area contributed by atoms with Gasteiger partial charge in [-0.3, -0.25) is 0 Å². The van der Waals surface area contributed by atoms with Crippen LogP contribution in [0, 0.1) is 0 Å². The van der Waals surface area contributed by atoms with E-state index in [1.807, 2.05) is 0 Å². The number of carbonyl (C=O) groups excluding carboxylic acids is 2. The molecular weight excluding hydrogens is 224 g/mol. The van der Waals surface area contributed by atoms with Gasteiger partial charge in [-0.25, -0.2) is 9.59 Å². The van der Waals surface area contributed by atoms with Gasteiger partial charge >= 0.3 is 11.9 Å². The smallest absolute Gasteiger partial charge is 0.345 e. The van der Waals surface area contributed by atoms with Crippen LogP contribution in [-0.4, -0.2) is 30.4 Å². The number of esters is 2. The van der Waals surface area contributed by atoms with Gasteiger partial charge in [-0.1, -0.05) is 24.0 Å². The number of methoxy groups -OCH3 is 2. The van der Waals surface area contributed by atoms with E-state index in [1.165, 1.54) is 14.2 Å². The summed E-state index contributed by atoms with van der Waals surface area (Å²) in [6.07, 6.45) is 0.289. The zero-order valence-corrected chi connectivity index (χ0v) is 9.29. The number of thiocarbonyl (C=S) groups is 1. The monoisotopic (exact) mass is 232 g/mol. The van der Waals surface area contributed by atoms with E-state index < -0.39 is 11.9 Å². The molecule has 0 aromatic carbocycles. The number of rotatable bonds is 2. The molecule has 0 fully saturated rings. The van der Waals surface area contributed by atoms with Crippen molar-refractivity contribution in [2.75, 3.05) is 14.2 Å². The van der Waals surface area contributed by atoms with Gasteiger partial charge in [0.05, 0.1) is 24.0 Å². The van der Waals surface area contributed by atoms with Crippen LogP contribution in [0.2, 0.25) is 0 Å². The quantitative estimate of drug-likeness (QED) is 0.524. The fourth-order valence-corrected chi connectivity index (χ4v) is 2.27. The molecule has 14 heavy (non-hydrogen) atoms. The molecule has 0 radical (unpaired) electrons. The molecule has 6 heteroatoms. The van der Waals surface area contributed by atoms with Crippen LogP contribution in [0.4, 0.5) is 0 Å². The van der Waals surface area contributed by atoms with Crippen LogP contribution in [0.3, 0.4) is 0 Å². The molecule has 4 nitrogen and oxygen atoms in total. The summed E-state index contributed by atoms with van der Waals surface area (Å²) in [4.78, 5) is 22.7. The Bertz CT molecular complexity index is 302. The zero-order chi connectivity index (χ0) is 10.7. The molecule has 0 aromatic heterocycles. The number of thioether (sulfide) groups is 1. The lowest BCUT2D eigenvalue weighted by atomic mass is 10.2. The van der Waals surface area contributed by atoms with E-state index in [0.29, 0.717) is 4.20 Å². The largest absolute Gasteiger partial charge is 0.466 e. The van der Waals surface area contributed by atoms with Gasteiger partial charge in [0, 0.05) is 6.42 Å². The minimum absolute atomic E-state index is 0.240. The zero-order valence-electron chi connectivity index (χ0n) is 7.66. The predicted octanol–water partition coefficient (Wildman–Crippen LogP) is 1.05. The average molecular weight is 232 g/mol. The molecule has 0 spiro atoms. The average Bonchev–Trinajstić information content (AvgIpc) is 2.58. The molecule has 1 heterocycles. The Balaban J connectivity index is 3.00. The second-order valence-corrected chi connectivity index (χ2v) is 4.30. The molecule has 0 aliphatic carbocycles. The predicted molar refractivity (Wildman–Crippen MR) is 55.9 cm³/mol. The number of ether oxygens (including phenoxy) is 2. The van der Waals surface area contributed by atoms with Crippen LogP contribution in [0.25, 0.3) is 0 Å². The Morgan fingerprint density at radius 3 is 2.36 bits per heavy atom. The lowest BCUT2D eigenvalue weighted by Crippen LogP contribution is -2.09. The van der Waals surface area contributed by atoms with Crippen molar-refractivity contribution in [3.05, 3.63) is 10.5 Å². The third-order valence-electron chi connectivity index (χ3n) is 1.61. The molecule has 0 saturated heterocycles. The number of carbonyl (C=O) groups is 2. The standard InChI is InChI=1S/C8H8O4S2/c1-11-7(9)4-3-5(13)14-6(4)8(10)12-2/h3H2,1-2H3. The molecule has 1 aliphatic heterocycles. The van der Waals surface area contributed by atoms with E-state index in [2.05, 4.69) is 9.47 Å². The molecule has 0 bridgehead atoms. The Morgan fingerprint density at radius 2 is 1.86 bits per heavy atom. The highest BCUT2D eigenvalue weighted by Gasteiger charge is 2.30. The molecule has 76 valence electrons. The van der Waals surface area contributed by atoms with E-state index in [0.717, 1.165) is 11.8 Å². The summed E-state index contributed by atoms with van der Waals surface area (Å²) in [7, 11) is 2.52. The molecule has 0 saturated carbocycles. The SMILES string of the molecule is COC(=O)C1=C(C(=O)OC)SC(=S)C1. The van der Waals surface area contributed by atoms with Crippen molar-refractivity contribution in [3.8, 4) is 0 Å². The normalized spacial score (nSPS) is 15.7. The summed E-state index contributed by atoms with van der Waals surface area (Å²) in [5.74, 6) is -1.08. The van der Waals surface area contributed by atoms with E-state index in [1.54, 1.807) is 0 Å². The van der Waals surface area contributed by atoms with Crippen LogP contribution in [0.15, 0.2) is 10.5 Å². The summed E-state index contributed by atoms with van der Waals surface area (Å²) in [6, 6.07) is 0. The third-order valence-corrected chi connectivity index (χ3v) is 3.00. The van der Waals surface area contributed by atoms with E-state index in [9.17, 15) is 9.59 Å². The molecule has 0 amide bonds. The summed E-state index contributed by atoms with van der Waals surface area (Å²) in [5.41, 5.74) is 0.286. The minimum atomic E-state index is -0.546. The van der Waals surface area contributed by atoms with Gasteiger partial charge in [0.15, 0.2) is 0 Å². The maximum Gasteiger partial charge on any atom is 0.345 e. The Morgan fingerprint density at radius 1 is 1.29 bits per heavy atom. The first-order valence-corrected chi connectivity index (χ1v) is 4.93. The lowest BCUT2D eigenvalue weighted by Gasteiger charge is -2.01. The first-order chi connectivity index (χ1) is 6.60. The van der Waals surface area contributed by atoms with Gasteiger partial charge in [-0.2, -0.15) is 0 Å². The molecule has 0 unspecified atom stereocenters. The highest BCUT2D eigenvalue weighted by molar-refractivity contribution is 8.26. The van der Waals surface area contributed by atoms with Crippen LogP contribution in [0.5, 0.6) is 0 Å². The van der Waals surface area contributed by atoms with Gasteiger partial charge < -0.3 is 9.47 Å². The van der Waals surface area contributed by atoms with E-state index in [-0.39, 0.29) is 16.9 Å². The van der Waals surface area contributed by atoms with Crippen LogP contribution in [0.1, 0.15) is 6.42 Å². The molecule has 0 atom stereocenters. The number of hydrogen-bond donors (Lipinski definition) is 0. The lowest BCUT2D eigenvalue weighted by molar-refractivity contribution is -0.138. The van der Waals surface area contributed by atoms with Crippen molar-refractivity contribution in [2.45, 2.75) is 6.42 Å². The second-order valence-electron chi connectivity index (χ2n) is 2.44. The maximum atomic E-state index is 11.2. The van der Waals surface area contributed by atoms with Gasteiger partial charge in [-0.15, -0.1) is 0 Å². The Labute approximate surface area is 90.6 Å². The Kier molecular flexibility index (Phi) is 3.65. The summed E-state index contributed by atoms with van der Waals surface area (Å²) < 4.78 is 9.63. The van der Waals surface area contributed by atoms with Crippen molar-refractivity contribution in [3.63, 3.8) is 0 Å². The topological polar surface area (TPSA) is 52.6 Å². The van der Waals surface area contributed by atoms with Crippen LogP contribution in [-0.2, 0) is 19.1 Å². The van der Waals surface area contributed by atoms with Gasteiger partial charge in [0.1, 0.15) is 4.91 Å². The second kappa shape index (κ2) is 4.56. The van der Waals surface area contributed by atoms with E-state index in [4.69, 9.17) is 12.2 Å². The first-order valence-electron chi connectivity index (χ1n) is 3.70. The van der Waals surface area contributed by atoms with Gasteiger partial charge in [0.2, 0.25) is 0 Å². The van der Waals surface area contributed by atoms with Gasteiger partial charge in [0.25, 0.3) is 0 Å². The van der Waals surface area contributed by atoms with E-state index >= 15 is 0 Å². The van der Waals surface area contributed by atoms with Crippen molar-refractivity contribution in [1.82, 2.24) is 0 Å². The van der Waals surface area contributed by atoms with Crippen molar-refractivity contribution < 1.29 is 19.1 Å². The van der Waals surface area contributed by atoms with Crippen molar-refractivity contribution in [1.29, 1.82) is 0 Å². The van der Waals surface area contributed by atoms with Crippen molar-refractivity contribution >= 4 is 40.1 Å². The Hall–Kier alpha value is -0.880. The molecule has 0 aromatic rings. The third kappa shape index (κ3) is 2.13. The summed E-state index contributed by atoms with van der Waals surface area (Å²) in [6.45, 7) is 0. The summed E-state index contributed by atoms with van der Waals surface area (Å²) in [5, 5.41) is 0. The summed E-state index contributed by atoms with van der Waals surface area (Å²) >= 11 is 6.00. The van der Waals surface area contributed by atoms with Crippen LogP contribution >= 0.6 is 24.0 Å².